The van der Waals surface area contributed by atoms with Crippen molar-refractivity contribution in [1.29, 1.82) is 0 Å². The molecular formula is C18H15NO3S2. The number of anilines is 1. The van der Waals surface area contributed by atoms with Gasteiger partial charge in [0.1, 0.15) is 0 Å². The topological polar surface area (TPSA) is 63.2 Å². The van der Waals surface area contributed by atoms with Gasteiger partial charge in [-0.3, -0.25) is 9.52 Å². The van der Waals surface area contributed by atoms with Gasteiger partial charge >= 0.3 is 0 Å². The van der Waals surface area contributed by atoms with Crippen LogP contribution in [0.25, 0.3) is 10.4 Å². The summed E-state index contributed by atoms with van der Waals surface area (Å²) in [6.07, 6.45) is 0. The number of benzene rings is 2. The smallest absolute Gasteiger partial charge is 0.261 e. The molecule has 2 aromatic carbocycles. The van der Waals surface area contributed by atoms with Crippen LogP contribution in [0.2, 0.25) is 0 Å². The number of para-hydroxylation sites is 1. The molecule has 4 nitrogen and oxygen atoms in total. The highest BCUT2D eigenvalue weighted by Crippen LogP contribution is 2.32. The van der Waals surface area contributed by atoms with Gasteiger partial charge in [0.15, 0.2) is 5.78 Å². The zero-order chi connectivity index (χ0) is 17.2. The zero-order valence-electron chi connectivity index (χ0n) is 12.9. The van der Waals surface area contributed by atoms with Gasteiger partial charge in [0, 0.05) is 16.0 Å². The molecule has 1 aromatic heterocycles. The minimum atomic E-state index is -3.73. The Morgan fingerprint density at radius 3 is 2.29 bits per heavy atom. The first-order valence-electron chi connectivity index (χ1n) is 7.24. The number of nitrogens with one attached hydrogen (secondary N) is 1. The minimum absolute atomic E-state index is 0.102. The average molecular weight is 357 g/mol. The highest BCUT2D eigenvalue weighted by atomic mass is 32.2. The number of Topliss-reactive ketones (excluding diaryl/α,β-unsaturated/α-hetero) is 1. The van der Waals surface area contributed by atoms with Crippen molar-refractivity contribution in [3.8, 4) is 10.4 Å². The Morgan fingerprint density at radius 1 is 0.958 bits per heavy atom. The standard InChI is InChI=1S/C18H15NO3S2/c1-13(20)14-8-10-15(11-9-14)24(21,22)19-17-6-3-2-5-16(17)18-7-4-12-23-18/h2-12,19H,1H3. The fraction of sp³-hybridized carbons (Fsp3) is 0.0556. The molecule has 0 fully saturated rings. The maximum Gasteiger partial charge on any atom is 0.261 e. The SMILES string of the molecule is CC(=O)c1ccc(S(=O)(=O)Nc2ccccc2-c2cccs2)cc1. The van der Waals surface area contributed by atoms with Crippen LogP contribution in [-0.4, -0.2) is 14.2 Å². The summed E-state index contributed by atoms with van der Waals surface area (Å²) in [6, 6.07) is 17.0. The van der Waals surface area contributed by atoms with E-state index >= 15 is 0 Å². The second-order valence-corrected chi connectivity index (χ2v) is 7.84. The van der Waals surface area contributed by atoms with Gasteiger partial charge in [-0.15, -0.1) is 11.3 Å². The lowest BCUT2D eigenvalue weighted by Crippen LogP contribution is -2.13. The van der Waals surface area contributed by atoms with Crippen molar-refractivity contribution < 1.29 is 13.2 Å². The lowest BCUT2D eigenvalue weighted by atomic mass is 10.1. The van der Waals surface area contributed by atoms with Crippen LogP contribution >= 0.6 is 11.3 Å². The predicted octanol–water partition coefficient (Wildman–Crippen LogP) is 4.42. The monoisotopic (exact) mass is 357 g/mol. The Hall–Kier alpha value is -2.44. The Bertz CT molecular complexity index is 960. The van der Waals surface area contributed by atoms with E-state index in [0.717, 1.165) is 10.4 Å². The quantitative estimate of drug-likeness (QED) is 0.688. The number of hydrogen-bond acceptors (Lipinski definition) is 4. The molecule has 0 spiro atoms. The van der Waals surface area contributed by atoms with E-state index in [1.54, 1.807) is 23.5 Å². The van der Waals surface area contributed by atoms with Crippen molar-refractivity contribution in [2.45, 2.75) is 11.8 Å². The third kappa shape index (κ3) is 3.39. The molecule has 24 heavy (non-hydrogen) atoms. The number of sulfonamides is 1. The zero-order valence-corrected chi connectivity index (χ0v) is 14.5. The van der Waals surface area contributed by atoms with Crippen LogP contribution in [0.1, 0.15) is 17.3 Å². The van der Waals surface area contributed by atoms with E-state index in [1.807, 2.05) is 29.6 Å². The van der Waals surface area contributed by atoms with Gasteiger partial charge in [-0.05, 0) is 36.6 Å². The molecule has 0 aliphatic heterocycles. The molecule has 0 saturated carbocycles. The van der Waals surface area contributed by atoms with Gasteiger partial charge in [0.05, 0.1) is 10.6 Å². The molecule has 1 heterocycles. The summed E-state index contributed by atoms with van der Waals surface area (Å²) in [7, 11) is -3.73. The average Bonchev–Trinajstić information content (AvgIpc) is 3.09. The summed E-state index contributed by atoms with van der Waals surface area (Å²) >= 11 is 1.54. The minimum Gasteiger partial charge on any atom is -0.295 e. The predicted molar refractivity (Wildman–Crippen MR) is 97.0 cm³/mol. The molecule has 122 valence electrons. The molecule has 3 rings (SSSR count). The van der Waals surface area contributed by atoms with Gasteiger partial charge in [0.2, 0.25) is 0 Å². The molecule has 0 aliphatic carbocycles. The van der Waals surface area contributed by atoms with Gasteiger partial charge in [-0.25, -0.2) is 8.42 Å². The lowest BCUT2D eigenvalue weighted by Gasteiger charge is -2.12. The first kappa shape index (κ1) is 16.4. The number of thiophene rings is 1. The van der Waals surface area contributed by atoms with E-state index in [0.29, 0.717) is 11.3 Å². The summed E-state index contributed by atoms with van der Waals surface area (Å²) in [5.74, 6) is -0.102. The molecule has 0 atom stereocenters. The number of carbonyl (C=O) groups excluding carboxylic acids is 1. The summed E-state index contributed by atoms with van der Waals surface area (Å²) in [6.45, 7) is 1.44. The van der Waals surface area contributed by atoms with Crippen molar-refractivity contribution in [3.63, 3.8) is 0 Å². The van der Waals surface area contributed by atoms with Crippen molar-refractivity contribution in [2.75, 3.05) is 4.72 Å². The van der Waals surface area contributed by atoms with E-state index < -0.39 is 10.0 Å². The molecule has 1 N–H and O–H groups in total. The molecule has 0 unspecified atom stereocenters. The molecule has 0 aliphatic rings. The van der Waals surface area contributed by atoms with Gasteiger partial charge in [0.25, 0.3) is 10.0 Å². The molecule has 6 heteroatoms. The molecule has 0 amide bonds. The summed E-state index contributed by atoms with van der Waals surface area (Å²) in [5.41, 5.74) is 1.83. The largest absolute Gasteiger partial charge is 0.295 e. The first-order chi connectivity index (χ1) is 11.5. The van der Waals surface area contributed by atoms with Crippen LogP contribution in [0.4, 0.5) is 5.69 Å². The number of hydrogen-bond donors (Lipinski definition) is 1. The maximum atomic E-state index is 12.6. The first-order valence-corrected chi connectivity index (χ1v) is 9.60. The number of rotatable bonds is 5. The van der Waals surface area contributed by atoms with Crippen LogP contribution in [0.15, 0.2) is 70.9 Å². The highest BCUT2D eigenvalue weighted by Gasteiger charge is 2.17. The molecule has 3 aromatic rings. The summed E-state index contributed by atoms with van der Waals surface area (Å²) < 4.78 is 27.9. The van der Waals surface area contributed by atoms with Gasteiger partial charge in [-0.1, -0.05) is 36.4 Å². The van der Waals surface area contributed by atoms with Crippen molar-refractivity contribution >= 4 is 32.8 Å². The van der Waals surface area contributed by atoms with Crippen LogP contribution in [0.5, 0.6) is 0 Å². The molecule has 0 radical (unpaired) electrons. The van der Waals surface area contributed by atoms with E-state index in [-0.39, 0.29) is 10.7 Å². The highest BCUT2D eigenvalue weighted by molar-refractivity contribution is 7.92. The van der Waals surface area contributed by atoms with E-state index in [4.69, 9.17) is 0 Å². The van der Waals surface area contributed by atoms with Crippen molar-refractivity contribution in [2.24, 2.45) is 0 Å². The second kappa shape index (κ2) is 6.59. The molecule has 0 saturated heterocycles. The Morgan fingerprint density at radius 2 is 1.67 bits per heavy atom. The van der Waals surface area contributed by atoms with Crippen molar-refractivity contribution in [3.05, 3.63) is 71.6 Å². The Balaban J connectivity index is 1.94. The van der Waals surface area contributed by atoms with Gasteiger partial charge < -0.3 is 0 Å². The molecule has 0 bridgehead atoms. The van der Waals surface area contributed by atoms with E-state index in [9.17, 15) is 13.2 Å². The Kier molecular flexibility index (Phi) is 4.51. The van der Waals surface area contributed by atoms with E-state index in [2.05, 4.69) is 4.72 Å². The summed E-state index contributed by atoms with van der Waals surface area (Å²) in [5, 5.41) is 1.95. The van der Waals surface area contributed by atoms with Crippen molar-refractivity contribution in [1.82, 2.24) is 0 Å². The summed E-state index contributed by atoms with van der Waals surface area (Å²) in [4.78, 5) is 12.4. The normalized spacial score (nSPS) is 11.2. The number of carbonyl (C=O) groups is 1. The maximum absolute atomic E-state index is 12.6. The number of ketones is 1. The van der Waals surface area contributed by atoms with E-state index in [1.165, 1.54) is 31.2 Å². The second-order valence-electron chi connectivity index (χ2n) is 5.21. The fourth-order valence-corrected chi connectivity index (χ4v) is 4.14. The van der Waals surface area contributed by atoms with Crippen LogP contribution < -0.4 is 4.72 Å². The Labute approximate surface area is 144 Å². The van der Waals surface area contributed by atoms with Crippen LogP contribution in [-0.2, 0) is 10.0 Å². The van der Waals surface area contributed by atoms with Crippen LogP contribution in [0, 0.1) is 0 Å². The van der Waals surface area contributed by atoms with Gasteiger partial charge in [-0.2, -0.15) is 0 Å². The third-order valence-electron chi connectivity index (χ3n) is 3.53. The fourth-order valence-electron chi connectivity index (χ4n) is 2.29. The third-order valence-corrected chi connectivity index (χ3v) is 5.81. The lowest BCUT2D eigenvalue weighted by molar-refractivity contribution is 0.101. The van der Waals surface area contributed by atoms with Crippen LogP contribution in [0.3, 0.4) is 0 Å². The molecular weight excluding hydrogens is 342 g/mol.